The van der Waals surface area contributed by atoms with Crippen LogP contribution in [0.15, 0.2) is 18.3 Å². The van der Waals surface area contributed by atoms with Crippen molar-refractivity contribution in [2.75, 3.05) is 0 Å². The third-order valence-electron chi connectivity index (χ3n) is 8.24. The van der Waals surface area contributed by atoms with Gasteiger partial charge >= 0.3 is 5.97 Å². The Bertz CT molecular complexity index is 640. The summed E-state index contributed by atoms with van der Waals surface area (Å²) in [6, 6.07) is 3.94. The van der Waals surface area contributed by atoms with Gasteiger partial charge in [0.15, 0.2) is 0 Å². The third-order valence-corrected chi connectivity index (χ3v) is 8.24. The van der Waals surface area contributed by atoms with Crippen LogP contribution in [0.1, 0.15) is 122 Å². The van der Waals surface area contributed by atoms with Gasteiger partial charge in [-0.15, -0.1) is 0 Å². The van der Waals surface area contributed by atoms with E-state index in [4.69, 9.17) is 4.74 Å². The van der Waals surface area contributed by atoms with E-state index in [9.17, 15) is 4.79 Å². The van der Waals surface area contributed by atoms with Crippen molar-refractivity contribution in [3.05, 3.63) is 24.0 Å². The van der Waals surface area contributed by atoms with E-state index >= 15 is 0 Å². The van der Waals surface area contributed by atoms with Crippen LogP contribution in [0.25, 0.3) is 0 Å². The lowest BCUT2D eigenvalue weighted by molar-refractivity contribution is -0.134. The van der Waals surface area contributed by atoms with Gasteiger partial charge in [0.25, 0.3) is 0 Å². The molecule has 2 fully saturated rings. The lowest BCUT2D eigenvalue weighted by Gasteiger charge is -2.38. The van der Waals surface area contributed by atoms with E-state index in [2.05, 4.69) is 18.8 Å². The largest absolute Gasteiger partial charge is 0.425 e. The molecule has 2 aliphatic rings. The Morgan fingerprint density at radius 2 is 1.47 bits per heavy atom. The minimum atomic E-state index is -0.150. The Hall–Kier alpha value is -1.38. The summed E-state index contributed by atoms with van der Waals surface area (Å²) in [5.41, 5.74) is 1.13. The lowest BCUT2D eigenvalue weighted by atomic mass is 9.68. The minimum Gasteiger partial charge on any atom is -0.425 e. The first-order valence-electron chi connectivity index (χ1n) is 13.8. The number of pyridine rings is 1. The highest BCUT2D eigenvalue weighted by molar-refractivity contribution is 5.72. The highest BCUT2D eigenvalue weighted by Crippen LogP contribution is 2.43. The molecule has 0 radical (unpaired) electrons. The van der Waals surface area contributed by atoms with Gasteiger partial charge in [0.2, 0.25) is 0 Å². The molecule has 0 bridgehead atoms. The standard InChI is InChI=1S/C29H47NO2/c1-3-5-7-8-23-10-15-25(16-11-23)26-17-12-24(13-18-26)14-19-27-20-21-28(22-30-27)32-29(31)9-6-4-2/h20-26H,3-19H2,1-2H3. The van der Waals surface area contributed by atoms with Crippen molar-refractivity contribution in [2.45, 2.75) is 123 Å². The van der Waals surface area contributed by atoms with Crippen LogP contribution in [0.2, 0.25) is 0 Å². The second-order valence-corrected chi connectivity index (χ2v) is 10.7. The van der Waals surface area contributed by atoms with Crippen LogP contribution < -0.4 is 4.74 Å². The summed E-state index contributed by atoms with van der Waals surface area (Å²) in [6.45, 7) is 4.39. The van der Waals surface area contributed by atoms with E-state index in [1.807, 2.05) is 12.1 Å². The molecule has 3 nitrogen and oxygen atoms in total. The molecule has 0 N–H and O–H groups in total. The fourth-order valence-corrected chi connectivity index (χ4v) is 6.05. The summed E-state index contributed by atoms with van der Waals surface area (Å²) in [7, 11) is 0. The van der Waals surface area contributed by atoms with E-state index < -0.39 is 0 Å². The third kappa shape index (κ3) is 8.52. The highest BCUT2D eigenvalue weighted by atomic mass is 16.5. The van der Waals surface area contributed by atoms with Gasteiger partial charge in [-0.2, -0.15) is 0 Å². The SMILES string of the molecule is CCCCCC1CCC(C2CCC(CCc3ccc(OC(=O)CCCC)cn3)CC2)CC1. The molecule has 0 amide bonds. The quantitative estimate of drug-likeness (QED) is 0.242. The molecule has 2 saturated carbocycles. The van der Waals surface area contributed by atoms with Gasteiger partial charge in [0.1, 0.15) is 5.75 Å². The number of rotatable bonds is 12. The van der Waals surface area contributed by atoms with Crippen molar-refractivity contribution in [1.29, 1.82) is 0 Å². The first-order chi connectivity index (χ1) is 15.7. The molecule has 1 aromatic rings. The van der Waals surface area contributed by atoms with Crippen LogP contribution in [0, 0.1) is 23.7 Å². The van der Waals surface area contributed by atoms with Crippen LogP contribution in [0.4, 0.5) is 0 Å². The van der Waals surface area contributed by atoms with Crippen LogP contribution >= 0.6 is 0 Å². The number of aryl methyl sites for hydroxylation is 1. The zero-order valence-electron chi connectivity index (χ0n) is 20.8. The average Bonchev–Trinajstić information content (AvgIpc) is 2.83. The highest BCUT2D eigenvalue weighted by Gasteiger charge is 2.30. The number of carbonyl (C=O) groups excluding carboxylic acids is 1. The summed E-state index contributed by atoms with van der Waals surface area (Å²) >= 11 is 0. The first-order valence-corrected chi connectivity index (χ1v) is 13.8. The molecule has 1 heterocycles. The summed E-state index contributed by atoms with van der Waals surface area (Å²) in [5.74, 6) is 4.35. The van der Waals surface area contributed by atoms with Crippen LogP contribution in [0.3, 0.4) is 0 Å². The predicted octanol–water partition coefficient (Wildman–Crippen LogP) is 8.30. The monoisotopic (exact) mass is 441 g/mol. The summed E-state index contributed by atoms with van der Waals surface area (Å²) < 4.78 is 5.36. The van der Waals surface area contributed by atoms with Crippen molar-refractivity contribution >= 4 is 5.97 Å². The molecule has 0 aromatic carbocycles. The Labute approximate surface area is 197 Å². The molecule has 1 aromatic heterocycles. The van der Waals surface area contributed by atoms with Crippen molar-refractivity contribution in [3.8, 4) is 5.75 Å². The van der Waals surface area contributed by atoms with E-state index in [-0.39, 0.29) is 5.97 Å². The molecule has 3 rings (SSSR count). The first kappa shape index (κ1) is 25.2. The molecular formula is C29H47NO2. The Balaban J connectivity index is 1.30. The molecule has 32 heavy (non-hydrogen) atoms. The zero-order chi connectivity index (χ0) is 22.6. The number of aromatic nitrogens is 1. The lowest BCUT2D eigenvalue weighted by Crippen LogP contribution is -2.26. The Morgan fingerprint density at radius 3 is 2.03 bits per heavy atom. The maximum atomic E-state index is 11.7. The van der Waals surface area contributed by atoms with Crippen molar-refractivity contribution in [1.82, 2.24) is 4.98 Å². The number of hydrogen-bond acceptors (Lipinski definition) is 3. The fraction of sp³-hybridized carbons (Fsp3) is 0.793. The van der Waals surface area contributed by atoms with E-state index in [0.717, 1.165) is 48.6 Å². The van der Waals surface area contributed by atoms with Crippen LogP contribution in [-0.2, 0) is 11.2 Å². The second kappa shape index (κ2) is 14.0. The molecule has 0 unspecified atom stereocenters. The van der Waals surface area contributed by atoms with Crippen LogP contribution in [-0.4, -0.2) is 11.0 Å². The summed E-state index contributed by atoms with van der Waals surface area (Å²) in [4.78, 5) is 16.3. The maximum Gasteiger partial charge on any atom is 0.311 e. The molecule has 0 saturated heterocycles. The normalized spacial score (nSPS) is 26.1. The number of nitrogens with zero attached hydrogens (tertiary/aromatic N) is 1. The number of carbonyl (C=O) groups is 1. The summed E-state index contributed by atoms with van der Waals surface area (Å²) in [5, 5.41) is 0. The number of unbranched alkanes of at least 4 members (excludes halogenated alkanes) is 3. The van der Waals surface area contributed by atoms with Gasteiger partial charge in [-0.25, -0.2) is 0 Å². The fourth-order valence-electron chi connectivity index (χ4n) is 6.05. The Kier molecular flexibility index (Phi) is 11.1. The molecule has 0 spiro atoms. The average molecular weight is 442 g/mol. The molecule has 0 aliphatic heterocycles. The molecule has 3 heteroatoms. The van der Waals surface area contributed by atoms with Gasteiger partial charge in [-0.3, -0.25) is 9.78 Å². The minimum absolute atomic E-state index is 0.150. The van der Waals surface area contributed by atoms with Gasteiger partial charge in [0.05, 0.1) is 6.20 Å². The number of esters is 1. The van der Waals surface area contributed by atoms with Gasteiger partial charge in [-0.05, 0) is 80.8 Å². The topological polar surface area (TPSA) is 39.2 Å². The van der Waals surface area contributed by atoms with Gasteiger partial charge in [-0.1, -0.05) is 71.6 Å². The maximum absolute atomic E-state index is 11.7. The Morgan fingerprint density at radius 1 is 0.844 bits per heavy atom. The van der Waals surface area contributed by atoms with Gasteiger partial charge in [0, 0.05) is 12.1 Å². The molecule has 0 atom stereocenters. The molecule has 180 valence electrons. The number of ether oxygens (including phenoxy) is 1. The number of hydrogen-bond donors (Lipinski definition) is 0. The van der Waals surface area contributed by atoms with Crippen LogP contribution in [0.5, 0.6) is 5.75 Å². The van der Waals surface area contributed by atoms with E-state index in [0.29, 0.717) is 12.2 Å². The van der Waals surface area contributed by atoms with E-state index in [1.54, 1.807) is 6.20 Å². The van der Waals surface area contributed by atoms with Crippen molar-refractivity contribution < 1.29 is 9.53 Å². The predicted molar refractivity (Wildman–Crippen MR) is 133 cm³/mol. The van der Waals surface area contributed by atoms with Gasteiger partial charge < -0.3 is 4.74 Å². The summed E-state index contributed by atoms with van der Waals surface area (Å²) in [6.07, 6.45) is 23.9. The smallest absolute Gasteiger partial charge is 0.311 e. The second-order valence-electron chi connectivity index (χ2n) is 10.7. The van der Waals surface area contributed by atoms with Crippen molar-refractivity contribution in [2.24, 2.45) is 23.7 Å². The molecular weight excluding hydrogens is 394 g/mol. The van der Waals surface area contributed by atoms with E-state index in [1.165, 1.54) is 83.5 Å². The zero-order valence-corrected chi connectivity index (χ0v) is 20.8. The molecule has 2 aliphatic carbocycles. The van der Waals surface area contributed by atoms with Crippen molar-refractivity contribution in [3.63, 3.8) is 0 Å².